The van der Waals surface area contributed by atoms with E-state index in [4.69, 9.17) is 0 Å². The van der Waals surface area contributed by atoms with Gasteiger partial charge >= 0.3 is 0 Å². The summed E-state index contributed by atoms with van der Waals surface area (Å²) in [6, 6.07) is 6.50. The lowest BCUT2D eigenvalue weighted by atomic mass is 10.1. The molecule has 0 saturated carbocycles. The molecule has 0 aliphatic carbocycles. The van der Waals surface area contributed by atoms with Gasteiger partial charge in [0, 0.05) is 6.54 Å². The average Bonchev–Trinajstić information content (AvgIpc) is 2.31. The van der Waals surface area contributed by atoms with Crippen molar-refractivity contribution in [2.24, 2.45) is 0 Å². The summed E-state index contributed by atoms with van der Waals surface area (Å²) in [5.41, 5.74) is 5.32. The summed E-state index contributed by atoms with van der Waals surface area (Å²) in [4.78, 5) is 0. The first-order chi connectivity index (χ1) is 8.47. The van der Waals surface area contributed by atoms with Crippen LogP contribution in [0.15, 0.2) is 30.4 Å². The summed E-state index contributed by atoms with van der Waals surface area (Å²) >= 11 is 0. The van der Waals surface area contributed by atoms with Gasteiger partial charge in [-0.25, -0.2) is 0 Å². The van der Waals surface area contributed by atoms with Crippen LogP contribution in [-0.4, -0.2) is 13.1 Å². The lowest BCUT2D eigenvalue weighted by Gasteiger charge is -2.00. The Morgan fingerprint density at radius 3 is 2.28 bits per heavy atom. The summed E-state index contributed by atoms with van der Waals surface area (Å²) in [7, 11) is 0. The van der Waals surface area contributed by atoms with Gasteiger partial charge in [-0.3, -0.25) is 0 Å². The van der Waals surface area contributed by atoms with Gasteiger partial charge in [0.2, 0.25) is 0 Å². The molecular weight excluding hydrogens is 218 g/mol. The summed E-state index contributed by atoms with van der Waals surface area (Å²) in [6.07, 6.45) is 2.54. The molecule has 1 aromatic carbocycles. The Balaban J connectivity index is 0.000000321. The van der Waals surface area contributed by atoms with Gasteiger partial charge in [0.15, 0.2) is 0 Å². The number of rotatable bonds is 5. The molecule has 0 atom stereocenters. The first-order valence-corrected chi connectivity index (χ1v) is 6.86. The standard InChI is InChI=1S/C9H12.C8H17N/c1-7-4-5-8(2)9(3)6-7;1-4-5-6-9-7-8(2)3/h4-6H,1-3H3;9H,2,4-7H2,1,3H3. The van der Waals surface area contributed by atoms with Gasteiger partial charge in [-0.15, -0.1) is 0 Å². The maximum atomic E-state index is 3.79. The van der Waals surface area contributed by atoms with Gasteiger partial charge < -0.3 is 5.32 Å². The van der Waals surface area contributed by atoms with Gasteiger partial charge in [0.1, 0.15) is 0 Å². The van der Waals surface area contributed by atoms with E-state index < -0.39 is 0 Å². The molecule has 0 radical (unpaired) electrons. The Morgan fingerprint density at radius 2 is 1.83 bits per heavy atom. The predicted molar refractivity (Wildman–Crippen MR) is 83.2 cm³/mol. The van der Waals surface area contributed by atoms with Crippen LogP contribution in [0.1, 0.15) is 43.4 Å². The van der Waals surface area contributed by atoms with Crippen molar-refractivity contribution < 1.29 is 0 Å². The van der Waals surface area contributed by atoms with Crippen molar-refractivity contribution in [2.75, 3.05) is 13.1 Å². The van der Waals surface area contributed by atoms with E-state index in [1.54, 1.807) is 0 Å². The minimum Gasteiger partial charge on any atom is -0.313 e. The maximum Gasteiger partial charge on any atom is 0.0159 e. The van der Waals surface area contributed by atoms with Crippen LogP contribution in [-0.2, 0) is 0 Å². The van der Waals surface area contributed by atoms with Crippen LogP contribution in [0.4, 0.5) is 0 Å². The Kier molecular flexibility index (Phi) is 9.31. The van der Waals surface area contributed by atoms with Crippen LogP contribution in [0, 0.1) is 20.8 Å². The third kappa shape index (κ3) is 9.00. The van der Waals surface area contributed by atoms with E-state index in [0.717, 1.165) is 13.1 Å². The van der Waals surface area contributed by atoms with Crippen LogP contribution in [0.5, 0.6) is 0 Å². The maximum absolute atomic E-state index is 3.79. The first-order valence-electron chi connectivity index (χ1n) is 6.86. The third-order valence-corrected chi connectivity index (χ3v) is 2.80. The zero-order chi connectivity index (χ0) is 14.0. The van der Waals surface area contributed by atoms with Crippen molar-refractivity contribution >= 4 is 0 Å². The second kappa shape index (κ2) is 9.90. The molecule has 0 unspecified atom stereocenters. The van der Waals surface area contributed by atoms with Gasteiger partial charge in [-0.1, -0.05) is 49.3 Å². The molecule has 18 heavy (non-hydrogen) atoms. The quantitative estimate of drug-likeness (QED) is 0.594. The molecule has 1 heteroatoms. The first kappa shape index (κ1) is 16.9. The van der Waals surface area contributed by atoms with Crippen LogP contribution >= 0.6 is 0 Å². The topological polar surface area (TPSA) is 12.0 Å². The van der Waals surface area contributed by atoms with Gasteiger partial charge in [-0.05, 0) is 51.8 Å². The second-order valence-electron chi connectivity index (χ2n) is 5.08. The number of hydrogen-bond donors (Lipinski definition) is 1. The van der Waals surface area contributed by atoms with Crippen molar-refractivity contribution in [1.29, 1.82) is 0 Å². The normalized spacial score (nSPS) is 9.61. The van der Waals surface area contributed by atoms with Crippen LogP contribution in [0.3, 0.4) is 0 Å². The number of hydrogen-bond acceptors (Lipinski definition) is 1. The lowest BCUT2D eigenvalue weighted by molar-refractivity contribution is 0.672. The van der Waals surface area contributed by atoms with Gasteiger partial charge in [0.05, 0.1) is 0 Å². The molecule has 0 fully saturated rings. The summed E-state index contributed by atoms with van der Waals surface area (Å²) < 4.78 is 0. The summed E-state index contributed by atoms with van der Waals surface area (Å²) in [6.45, 7) is 16.5. The highest BCUT2D eigenvalue weighted by Crippen LogP contribution is 2.07. The Bertz CT molecular complexity index is 353. The van der Waals surface area contributed by atoms with Crippen LogP contribution < -0.4 is 5.32 Å². The molecule has 1 rings (SSSR count). The molecule has 1 nitrogen and oxygen atoms in total. The molecule has 1 aromatic rings. The van der Waals surface area contributed by atoms with Crippen molar-refractivity contribution in [3.63, 3.8) is 0 Å². The monoisotopic (exact) mass is 247 g/mol. The molecule has 0 heterocycles. The van der Waals surface area contributed by atoms with E-state index >= 15 is 0 Å². The third-order valence-electron chi connectivity index (χ3n) is 2.80. The van der Waals surface area contributed by atoms with Gasteiger partial charge in [-0.2, -0.15) is 0 Å². The number of unbranched alkanes of at least 4 members (excludes halogenated alkanes) is 1. The minimum atomic E-state index is 0.972. The van der Waals surface area contributed by atoms with Gasteiger partial charge in [0.25, 0.3) is 0 Å². The molecule has 102 valence electrons. The van der Waals surface area contributed by atoms with Crippen molar-refractivity contribution in [1.82, 2.24) is 5.32 Å². The van der Waals surface area contributed by atoms with E-state index in [0.29, 0.717) is 0 Å². The average molecular weight is 247 g/mol. The van der Waals surface area contributed by atoms with E-state index in [2.05, 4.69) is 57.8 Å². The smallest absolute Gasteiger partial charge is 0.0159 e. The highest BCUT2D eigenvalue weighted by molar-refractivity contribution is 5.28. The minimum absolute atomic E-state index is 0.972. The van der Waals surface area contributed by atoms with Crippen LogP contribution in [0.25, 0.3) is 0 Å². The SMILES string of the molecule is C=C(C)CNCCCC.Cc1ccc(C)c(C)c1. The lowest BCUT2D eigenvalue weighted by Crippen LogP contribution is -2.16. The molecule has 1 N–H and O–H groups in total. The zero-order valence-corrected chi connectivity index (χ0v) is 12.8. The van der Waals surface area contributed by atoms with E-state index in [9.17, 15) is 0 Å². The molecule has 0 saturated heterocycles. The largest absolute Gasteiger partial charge is 0.313 e. The fourth-order valence-corrected chi connectivity index (χ4v) is 1.49. The molecular formula is C17H29N. The predicted octanol–water partition coefficient (Wildman–Crippen LogP) is 4.56. The number of benzene rings is 1. The summed E-state index contributed by atoms with van der Waals surface area (Å²) in [5.74, 6) is 0. The molecule has 0 aliphatic rings. The van der Waals surface area contributed by atoms with E-state index in [-0.39, 0.29) is 0 Å². The van der Waals surface area contributed by atoms with E-state index in [1.807, 2.05) is 6.92 Å². The second-order valence-corrected chi connectivity index (χ2v) is 5.08. The summed E-state index contributed by atoms with van der Waals surface area (Å²) in [5, 5.41) is 3.29. The molecule has 0 spiro atoms. The Morgan fingerprint density at radius 1 is 1.17 bits per heavy atom. The van der Waals surface area contributed by atoms with Crippen molar-refractivity contribution in [3.8, 4) is 0 Å². The number of aryl methyl sites for hydroxylation is 3. The molecule has 0 aliphatic heterocycles. The Labute approximate surface area is 113 Å². The Hall–Kier alpha value is -1.08. The fourth-order valence-electron chi connectivity index (χ4n) is 1.49. The van der Waals surface area contributed by atoms with Crippen molar-refractivity contribution in [3.05, 3.63) is 47.0 Å². The van der Waals surface area contributed by atoms with Crippen LogP contribution in [0.2, 0.25) is 0 Å². The number of nitrogens with one attached hydrogen (secondary N) is 1. The fraction of sp³-hybridized carbons (Fsp3) is 0.529. The van der Waals surface area contributed by atoms with E-state index in [1.165, 1.54) is 35.1 Å². The molecule has 0 aromatic heterocycles. The van der Waals surface area contributed by atoms with Crippen molar-refractivity contribution in [2.45, 2.75) is 47.5 Å². The molecule has 0 amide bonds. The highest BCUT2D eigenvalue weighted by Gasteiger charge is 1.89. The highest BCUT2D eigenvalue weighted by atomic mass is 14.8. The molecule has 0 bridgehead atoms. The zero-order valence-electron chi connectivity index (χ0n) is 12.8.